The zero-order chi connectivity index (χ0) is 11.7. The van der Waals surface area contributed by atoms with Crippen molar-refractivity contribution in [3.05, 3.63) is 47.3 Å². The van der Waals surface area contributed by atoms with Crippen molar-refractivity contribution < 1.29 is 5.11 Å². The van der Waals surface area contributed by atoms with E-state index in [1.54, 1.807) is 6.92 Å². The van der Waals surface area contributed by atoms with Crippen molar-refractivity contribution >= 4 is 0 Å². The molecule has 1 unspecified atom stereocenters. The number of para-hydroxylation sites is 1. The van der Waals surface area contributed by atoms with Crippen molar-refractivity contribution in [2.45, 2.75) is 26.9 Å². The molecule has 0 aliphatic heterocycles. The normalized spacial score (nSPS) is 12.8. The Hall–Kier alpha value is -1.61. The average molecular weight is 216 g/mol. The van der Waals surface area contributed by atoms with Crippen molar-refractivity contribution in [1.82, 2.24) is 9.78 Å². The van der Waals surface area contributed by atoms with Gasteiger partial charge in [0.05, 0.1) is 17.5 Å². The van der Waals surface area contributed by atoms with Crippen LogP contribution < -0.4 is 0 Å². The van der Waals surface area contributed by atoms with E-state index in [9.17, 15) is 5.11 Å². The van der Waals surface area contributed by atoms with Crippen molar-refractivity contribution in [3.63, 3.8) is 0 Å². The van der Waals surface area contributed by atoms with Crippen molar-refractivity contribution in [2.24, 2.45) is 0 Å². The highest BCUT2D eigenvalue weighted by atomic mass is 16.3. The van der Waals surface area contributed by atoms with E-state index in [4.69, 9.17) is 0 Å². The molecule has 2 rings (SSSR count). The lowest BCUT2D eigenvalue weighted by Crippen LogP contribution is -2.05. The number of rotatable bonds is 2. The molecule has 1 N–H and O–H groups in total. The summed E-state index contributed by atoms with van der Waals surface area (Å²) in [5.74, 6) is 0. The smallest absolute Gasteiger partial charge is 0.0782 e. The molecule has 0 fully saturated rings. The van der Waals surface area contributed by atoms with Gasteiger partial charge < -0.3 is 5.11 Å². The van der Waals surface area contributed by atoms with Crippen LogP contribution in [0.4, 0.5) is 0 Å². The monoisotopic (exact) mass is 216 g/mol. The molecule has 3 heteroatoms. The lowest BCUT2D eigenvalue weighted by molar-refractivity contribution is 0.199. The summed E-state index contributed by atoms with van der Waals surface area (Å²) in [6.45, 7) is 5.75. The first-order valence-corrected chi connectivity index (χ1v) is 5.40. The largest absolute Gasteiger partial charge is 0.389 e. The molecule has 1 aromatic carbocycles. The summed E-state index contributed by atoms with van der Waals surface area (Å²) in [4.78, 5) is 0. The Morgan fingerprint density at radius 3 is 2.50 bits per heavy atom. The summed E-state index contributed by atoms with van der Waals surface area (Å²) in [6.07, 6.45) is -0.486. The fourth-order valence-electron chi connectivity index (χ4n) is 1.91. The second-order valence-corrected chi connectivity index (χ2v) is 4.07. The van der Waals surface area contributed by atoms with Gasteiger partial charge in [-0.15, -0.1) is 0 Å². The van der Waals surface area contributed by atoms with Crippen molar-refractivity contribution in [1.29, 1.82) is 0 Å². The molecular weight excluding hydrogens is 200 g/mol. The Bertz CT molecular complexity index is 500. The molecule has 0 aliphatic carbocycles. The fraction of sp³-hybridized carbons (Fsp3) is 0.308. The minimum absolute atomic E-state index is 0.486. The van der Waals surface area contributed by atoms with Crippen LogP contribution in [0.25, 0.3) is 5.69 Å². The van der Waals surface area contributed by atoms with Crippen LogP contribution in [0.3, 0.4) is 0 Å². The van der Waals surface area contributed by atoms with Gasteiger partial charge in [-0.3, -0.25) is 0 Å². The molecule has 1 aromatic heterocycles. The third-order valence-electron chi connectivity index (χ3n) is 2.62. The number of hydrogen-bond donors (Lipinski definition) is 1. The Morgan fingerprint density at radius 1 is 1.25 bits per heavy atom. The molecule has 1 heterocycles. The maximum absolute atomic E-state index is 9.72. The summed E-state index contributed by atoms with van der Waals surface area (Å²) in [5, 5.41) is 14.2. The molecular formula is C13H16N2O. The number of nitrogens with zero attached hydrogens (tertiary/aromatic N) is 2. The molecule has 0 saturated carbocycles. The summed E-state index contributed by atoms with van der Waals surface area (Å²) in [5.41, 5.74) is 3.90. The highest BCUT2D eigenvalue weighted by Gasteiger charge is 2.11. The molecule has 84 valence electrons. The van der Waals surface area contributed by atoms with Crippen LogP contribution in [0.5, 0.6) is 0 Å². The van der Waals surface area contributed by atoms with E-state index in [1.165, 1.54) is 0 Å². The molecule has 0 bridgehead atoms. The van der Waals surface area contributed by atoms with Crippen LogP contribution in [0.15, 0.2) is 30.3 Å². The molecule has 16 heavy (non-hydrogen) atoms. The van der Waals surface area contributed by atoms with Gasteiger partial charge in [0.25, 0.3) is 0 Å². The number of aliphatic hydroxyl groups excluding tert-OH is 1. The molecule has 2 aromatic rings. The van der Waals surface area contributed by atoms with Crippen LogP contribution in [0, 0.1) is 13.8 Å². The van der Waals surface area contributed by atoms with Crippen LogP contribution in [0.1, 0.15) is 30.0 Å². The number of aliphatic hydroxyl groups is 1. The van der Waals surface area contributed by atoms with E-state index >= 15 is 0 Å². The third kappa shape index (κ3) is 1.86. The minimum Gasteiger partial charge on any atom is -0.389 e. The van der Waals surface area contributed by atoms with Gasteiger partial charge in [-0.2, -0.15) is 5.10 Å². The van der Waals surface area contributed by atoms with E-state index in [1.807, 2.05) is 48.9 Å². The third-order valence-corrected chi connectivity index (χ3v) is 2.62. The fourth-order valence-corrected chi connectivity index (χ4v) is 1.91. The van der Waals surface area contributed by atoms with Crippen molar-refractivity contribution in [2.75, 3.05) is 0 Å². The van der Waals surface area contributed by atoms with E-state index in [-0.39, 0.29) is 0 Å². The average Bonchev–Trinajstić information content (AvgIpc) is 2.57. The second-order valence-electron chi connectivity index (χ2n) is 4.07. The molecule has 0 aliphatic rings. The van der Waals surface area contributed by atoms with Gasteiger partial charge in [0.1, 0.15) is 0 Å². The quantitative estimate of drug-likeness (QED) is 0.837. The summed E-state index contributed by atoms with van der Waals surface area (Å²) < 4.78 is 1.87. The molecule has 0 radical (unpaired) electrons. The zero-order valence-corrected chi connectivity index (χ0v) is 9.81. The molecule has 0 amide bonds. The molecule has 0 spiro atoms. The van der Waals surface area contributed by atoms with Gasteiger partial charge in [-0.05, 0) is 32.9 Å². The maximum atomic E-state index is 9.72. The van der Waals surface area contributed by atoms with Crippen LogP contribution >= 0.6 is 0 Å². The highest BCUT2D eigenvalue weighted by molar-refractivity contribution is 5.42. The van der Waals surface area contributed by atoms with Gasteiger partial charge in [0, 0.05) is 11.3 Å². The first kappa shape index (κ1) is 10.9. The lowest BCUT2D eigenvalue weighted by Gasteiger charge is -2.12. The van der Waals surface area contributed by atoms with Gasteiger partial charge in [0.2, 0.25) is 0 Å². The summed E-state index contributed by atoms with van der Waals surface area (Å²) in [7, 11) is 0. The number of aromatic nitrogens is 2. The van der Waals surface area contributed by atoms with E-state index < -0.39 is 6.10 Å². The standard InChI is InChI=1S/C13H16N2O/c1-9-8-10(2)15(14-9)13-7-5-4-6-12(13)11(3)16/h4-8,11,16H,1-3H3. The summed E-state index contributed by atoms with van der Waals surface area (Å²) in [6, 6.07) is 9.81. The van der Waals surface area contributed by atoms with E-state index in [2.05, 4.69) is 5.10 Å². The van der Waals surface area contributed by atoms with Gasteiger partial charge in [-0.25, -0.2) is 4.68 Å². The molecule has 1 atom stereocenters. The Kier molecular flexibility index (Phi) is 2.79. The maximum Gasteiger partial charge on any atom is 0.0782 e. The highest BCUT2D eigenvalue weighted by Crippen LogP contribution is 2.22. The Balaban J connectivity index is 2.59. The van der Waals surface area contributed by atoms with Gasteiger partial charge >= 0.3 is 0 Å². The molecule has 0 saturated heterocycles. The van der Waals surface area contributed by atoms with Gasteiger partial charge in [0.15, 0.2) is 0 Å². The summed E-state index contributed by atoms with van der Waals surface area (Å²) >= 11 is 0. The Morgan fingerprint density at radius 2 is 1.94 bits per heavy atom. The minimum atomic E-state index is -0.486. The van der Waals surface area contributed by atoms with Crippen molar-refractivity contribution in [3.8, 4) is 5.69 Å². The van der Waals surface area contributed by atoms with E-state index in [0.29, 0.717) is 0 Å². The topological polar surface area (TPSA) is 38.0 Å². The zero-order valence-electron chi connectivity index (χ0n) is 9.81. The number of hydrogen-bond acceptors (Lipinski definition) is 2. The van der Waals surface area contributed by atoms with Crippen LogP contribution in [-0.4, -0.2) is 14.9 Å². The molecule has 3 nitrogen and oxygen atoms in total. The first-order chi connectivity index (χ1) is 7.59. The first-order valence-electron chi connectivity index (χ1n) is 5.40. The number of benzene rings is 1. The predicted molar refractivity (Wildman–Crippen MR) is 63.7 cm³/mol. The predicted octanol–water partition coefficient (Wildman–Crippen LogP) is 2.54. The Labute approximate surface area is 95.3 Å². The van der Waals surface area contributed by atoms with E-state index in [0.717, 1.165) is 22.6 Å². The lowest BCUT2D eigenvalue weighted by atomic mass is 10.1. The SMILES string of the molecule is Cc1cc(C)n(-c2ccccc2C(C)O)n1. The van der Waals surface area contributed by atoms with Crippen LogP contribution in [0.2, 0.25) is 0 Å². The van der Waals surface area contributed by atoms with Crippen LogP contribution in [-0.2, 0) is 0 Å². The number of aryl methyl sites for hydroxylation is 2. The second kappa shape index (κ2) is 4.10. The van der Waals surface area contributed by atoms with Gasteiger partial charge in [-0.1, -0.05) is 18.2 Å².